The fraction of sp³-hybridized carbons (Fsp3) is 0.143. The first kappa shape index (κ1) is 12.6. The molecule has 1 aromatic heterocycles. The van der Waals surface area contributed by atoms with Gasteiger partial charge >= 0.3 is 0 Å². The minimum Gasteiger partial charge on any atom is -0.320 e. The number of aromatic nitrogens is 1. The van der Waals surface area contributed by atoms with Crippen molar-refractivity contribution >= 4 is 19.7 Å². The number of nitrogens with zero attached hydrogens (tertiary/aromatic N) is 1. The second-order valence-electron chi connectivity index (χ2n) is 2.65. The van der Waals surface area contributed by atoms with Gasteiger partial charge in [-0.25, -0.2) is 17.2 Å². The molecule has 0 aliphatic rings. The van der Waals surface area contributed by atoms with Crippen molar-refractivity contribution in [2.45, 2.75) is 11.3 Å². The molecule has 0 aromatic carbocycles. The Morgan fingerprint density at radius 2 is 2.06 bits per heavy atom. The Labute approximate surface area is 92.7 Å². The highest BCUT2D eigenvalue weighted by Gasteiger charge is 2.23. The fourth-order valence-electron chi connectivity index (χ4n) is 1.01. The summed E-state index contributed by atoms with van der Waals surface area (Å²) in [5.41, 5.74) is -2.90. The third-order valence-electron chi connectivity index (χ3n) is 1.61. The van der Waals surface area contributed by atoms with Gasteiger partial charge in [0.1, 0.15) is 6.07 Å². The monoisotopic (exact) mass is 268 g/mol. The smallest absolute Gasteiger partial charge is 0.278 e. The second kappa shape index (κ2) is 4.19. The van der Waals surface area contributed by atoms with Crippen LogP contribution in [0, 0.1) is 11.3 Å². The molecule has 0 amide bonds. The zero-order valence-electron chi connectivity index (χ0n) is 7.37. The molecule has 0 aliphatic carbocycles. The van der Waals surface area contributed by atoms with E-state index in [1.165, 1.54) is 6.07 Å². The summed E-state index contributed by atoms with van der Waals surface area (Å²) in [6, 6.07) is 1.89. The molecule has 1 rings (SSSR count). The third-order valence-corrected chi connectivity index (χ3v) is 2.96. The second-order valence-corrected chi connectivity index (χ2v) is 5.15. The van der Waals surface area contributed by atoms with Crippen molar-refractivity contribution in [1.29, 1.82) is 5.26 Å². The van der Waals surface area contributed by atoms with Crippen molar-refractivity contribution < 1.29 is 17.2 Å². The minimum atomic E-state index is -4.46. The summed E-state index contributed by atoms with van der Waals surface area (Å²) in [5, 5.41) is 8.54. The Morgan fingerprint density at radius 1 is 1.50 bits per heavy atom. The van der Waals surface area contributed by atoms with Crippen LogP contribution >= 0.6 is 10.7 Å². The minimum absolute atomic E-state index is 0.571. The average Bonchev–Trinajstić information content (AvgIpc) is 2.14. The molecule has 0 spiro atoms. The zero-order valence-corrected chi connectivity index (χ0v) is 8.94. The molecule has 0 aliphatic heterocycles. The molecule has 1 N–H and O–H groups in total. The van der Waals surface area contributed by atoms with Gasteiger partial charge in [0.2, 0.25) is 0 Å². The largest absolute Gasteiger partial charge is 0.320 e. The summed E-state index contributed by atoms with van der Waals surface area (Å²) >= 11 is 0. The van der Waals surface area contributed by atoms with E-state index in [-0.39, 0.29) is 0 Å². The molecule has 1 heterocycles. The summed E-state index contributed by atoms with van der Waals surface area (Å²) in [6.07, 6.45) is -3.02. The van der Waals surface area contributed by atoms with Gasteiger partial charge in [0.15, 0.2) is 4.90 Å². The molecule has 0 bridgehead atoms. The molecule has 0 radical (unpaired) electrons. The first-order valence-electron chi connectivity index (χ1n) is 3.67. The van der Waals surface area contributed by atoms with Crippen molar-refractivity contribution in [1.82, 2.24) is 4.98 Å². The summed E-state index contributed by atoms with van der Waals surface area (Å²) in [6.45, 7) is 0. The quantitative estimate of drug-likeness (QED) is 0.814. The van der Waals surface area contributed by atoms with Crippen molar-refractivity contribution in [2.75, 3.05) is 0 Å². The van der Waals surface area contributed by atoms with Crippen LogP contribution in [0.3, 0.4) is 0 Å². The van der Waals surface area contributed by atoms with E-state index in [1.54, 1.807) is 4.98 Å². The number of nitrogens with one attached hydrogen (secondary N) is 1. The van der Waals surface area contributed by atoms with Crippen LogP contribution in [0.25, 0.3) is 0 Å². The van der Waals surface area contributed by atoms with Crippen molar-refractivity contribution in [3.05, 3.63) is 27.7 Å². The van der Waals surface area contributed by atoms with Crippen LogP contribution in [0.5, 0.6) is 0 Å². The topological polar surface area (TPSA) is 90.8 Å². The van der Waals surface area contributed by atoms with Crippen LogP contribution in [0.1, 0.15) is 17.7 Å². The standard InChI is InChI=1S/C7H3ClF2N2O3S/c8-16(14,15)5-3(2-11)1-4(6(9)10)12-7(5)13/h1,6H,(H,12,13). The SMILES string of the molecule is N#Cc1cc(C(F)F)[nH]c(=O)c1S(=O)(=O)Cl. The molecule has 0 atom stereocenters. The van der Waals surface area contributed by atoms with Gasteiger partial charge in [0.25, 0.3) is 21.0 Å². The molecule has 9 heteroatoms. The van der Waals surface area contributed by atoms with E-state index in [1.807, 2.05) is 0 Å². The molecule has 0 saturated heterocycles. The van der Waals surface area contributed by atoms with Gasteiger partial charge in [-0.2, -0.15) is 5.26 Å². The number of rotatable bonds is 2. The lowest BCUT2D eigenvalue weighted by atomic mass is 10.2. The normalized spacial score (nSPS) is 11.4. The Bertz CT molecular complexity index is 617. The van der Waals surface area contributed by atoms with Gasteiger partial charge in [0.05, 0.1) is 11.3 Å². The van der Waals surface area contributed by atoms with Crippen LogP contribution < -0.4 is 5.56 Å². The van der Waals surface area contributed by atoms with E-state index in [9.17, 15) is 22.0 Å². The average molecular weight is 269 g/mol. The Hall–Kier alpha value is -1.46. The lowest BCUT2D eigenvalue weighted by Gasteiger charge is -2.02. The predicted molar refractivity (Wildman–Crippen MR) is 49.8 cm³/mol. The van der Waals surface area contributed by atoms with E-state index in [0.717, 1.165) is 0 Å². The van der Waals surface area contributed by atoms with Crippen LogP contribution in [0.2, 0.25) is 0 Å². The highest BCUT2D eigenvalue weighted by Crippen LogP contribution is 2.20. The molecule has 86 valence electrons. The van der Waals surface area contributed by atoms with Crippen LogP contribution in [-0.4, -0.2) is 13.4 Å². The number of halogens is 3. The maximum Gasteiger partial charge on any atom is 0.278 e. The lowest BCUT2D eigenvalue weighted by molar-refractivity contribution is 0.145. The first-order chi connectivity index (χ1) is 7.27. The van der Waals surface area contributed by atoms with Gasteiger partial charge in [-0.3, -0.25) is 4.79 Å². The van der Waals surface area contributed by atoms with E-state index >= 15 is 0 Å². The summed E-state index contributed by atoms with van der Waals surface area (Å²) in [4.78, 5) is 11.8. The number of pyridine rings is 1. The molecule has 5 nitrogen and oxygen atoms in total. The van der Waals surface area contributed by atoms with Gasteiger partial charge in [0, 0.05) is 10.7 Å². The Morgan fingerprint density at radius 3 is 2.44 bits per heavy atom. The molecule has 16 heavy (non-hydrogen) atoms. The number of H-pyrrole nitrogens is 1. The highest BCUT2D eigenvalue weighted by atomic mass is 35.7. The molecular weight excluding hydrogens is 266 g/mol. The molecule has 0 fully saturated rings. The van der Waals surface area contributed by atoms with Gasteiger partial charge < -0.3 is 4.98 Å². The first-order valence-corrected chi connectivity index (χ1v) is 5.98. The predicted octanol–water partition coefficient (Wildman–Crippen LogP) is 1.11. The van der Waals surface area contributed by atoms with Crippen molar-refractivity contribution in [3.63, 3.8) is 0 Å². The number of alkyl halides is 2. The van der Waals surface area contributed by atoms with E-state index in [0.29, 0.717) is 6.07 Å². The maximum absolute atomic E-state index is 12.2. The Kier molecular flexibility index (Phi) is 3.30. The van der Waals surface area contributed by atoms with Crippen LogP contribution in [0.4, 0.5) is 8.78 Å². The number of nitriles is 1. The van der Waals surface area contributed by atoms with E-state index < -0.39 is 37.2 Å². The number of aromatic amines is 1. The summed E-state index contributed by atoms with van der Waals surface area (Å²) < 4.78 is 46.3. The van der Waals surface area contributed by atoms with E-state index in [2.05, 4.69) is 0 Å². The molecule has 0 saturated carbocycles. The van der Waals surface area contributed by atoms with Crippen molar-refractivity contribution in [2.24, 2.45) is 0 Å². The number of hydrogen-bond acceptors (Lipinski definition) is 4. The summed E-state index contributed by atoms with van der Waals surface area (Å²) in [7, 11) is 0.436. The number of hydrogen-bond donors (Lipinski definition) is 1. The molecule has 1 aromatic rings. The van der Waals surface area contributed by atoms with Crippen LogP contribution in [-0.2, 0) is 9.05 Å². The van der Waals surface area contributed by atoms with Crippen molar-refractivity contribution in [3.8, 4) is 6.07 Å². The zero-order chi connectivity index (χ0) is 12.5. The van der Waals surface area contributed by atoms with Crippen LogP contribution in [0.15, 0.2) is 15.8 Å². The fourth-order valence-corrected chi connectivity index (χ4v) is 2.11. The maximum atomic E-state index is 12.2. The Balaban J connectivity index is 3.69. The highest BCUT2D eigenvalue weighted by molar-refractivity contribution is 8.13. The van der Waals surface area contributed by atoms with Gasteiger partial charge in [-0.1, -0.05) is 0 Å². The summed E-state index contributed by atoms with van der Waals surface area (Å²) in [5.74, 6) is 0. The molecular formula is C7H3ClF2N2O3S. The lowest BCUT2D eigenvalue weighted by Crippen LogP contribution is -2.18. The van der Waals surface area contributed by atoms with Gasteiger partial charge in [-0.05, 0) is 6.07 Å². The van der Waals surface area contributed by atoms with Gasteiger partial charge in [-0.15, -0.1) is 0 Å². The molecule has 0 unspecified atom stereocenters. The third kappa shape index (κ3) is 2.37. The van der Waals surface area contributed by atoms with E-state index in [4.69, 9.17) is 15.9 Å².